The van der Waals surface area contributed by atoms with Crippen LogP contribution >= 0.6 is 22.9 Å². The van der Waals surface area contributed by atoms with Crippen LogP contribution in [0.5, 0.6) is 0 Å². The third-order valence-electron chi connectivity index (χ3n) is 5.44. The molecule has 4 aromatic rings. The van der Waals surface area contributed by atoms with E-state index in [9.17, 15) is 18.0 Å². The topological polar surface area (TPSA) is 96.0 Å². The molecule has 2 N–H and O–H groups in total. The molecule has 1 fully saturated rings. The van der Waals surface area contributed by atoms with Gasteiger partial charge in [-0.15, -0.1) is 11.3 Å². The Morgan fingerprint density at radius 2 is 2.03 bits per heavy atom. The molecule has 182 valence electrons. The van der Waals surface area contributed by atoms with Gasteiger partial charge in [0.25, 0.3) is 5.91 Å². The molecular weight excluding hydrogens is 505 g/mol. The van der Waals surface area contributed by atoms with Gasteiger partial charge in [-0.05, 0) is 24.3 Å². The van der Waals surface area contributed by atoms with E-state index in [0.717, 1.165) is 24.8 Å². The van der Waals surface area contributed by atoms with Gasteiger partial charge in [0.05, 0.1) is 35.6 Å². The van der Waals surface area contributed by atoms with E-state index in [-0.39, 0.29) is 33.1 Å². The van der Waals surface area contributed by atoms with E-state index in [0.29, 0.717) is 24.9 Å². The van der Waals surface area contributed by atoms with Gasteiger partial charge in [-0.1, -0.05) is 11.6 Å². The molecule has 0 bridgehead atoms. The van der Waals surface area contributed by atoms with Crippen LogP contribution in [-0.2, 0) is 17.5 Å². The van der Waals surface area contributed by atoms with Crippen molar-refractivity contribution in [2.45, 2.75) is 12.7 Å². The molecule has 35 heavy (non-hydrogen) atoms. The van der Waals surface area contributed by atoms with Crippen LogP contribution in [0.25, 0.3) is 22.6 Å². The van der Waals surface area contributed by atoms with Gasteiger partial charge in [0, 0.05) is 41.8 Å². The third-order valence-corrected chi connectivity index (χ3v) is 6.48. The minimum absolute atomic E-state index is 0.0492. The van der Waals surface area contributed by atoms with E-state index in [1.54, 1.807) is 0 Å². The summed E-state index contributed by atoms with van der Waals surface area (Å²) in [5, 5.41) is 5.00. The number of anilines is 1. The summed E-state index contributed by atoms with van der Waals surface area (Å²) in [5.74, 6) is -0.550. The lowest BCUT2D eigenvalue weighted by Crippen LogP contribution is -2.35. The number of halogens is 4. The highest BCUT2D eigenvalue weighted by atomic mass is 35.5. The average molecular weight is 523 g/mol. The Morgan fingerprint density at radius 1 is 1.23 bits per heavy atom. The average Bonchev–Trinajstić information content (AvgIpc) is 3.45. The summed E-state index contributed by atoms with van der Waals surface area (Å²) in [4.78, 5) is 30.8. The van der Waals surface area contributed by atoms with Crippen molar-refractivity contribution in [3.05, 3.63) is 57.7 Å². The SMILES string of the molecule is O=C(Nc1nc(CN2CCOCC2)cs1)c1ccnc2nc(-c3ccc(Cl)cc3C(F)(F)F)[nH]c12. The number of hydrogen-bond acceptors (Lipinski definition) is 7. The monoisotopic (exact) mass is 522 g/mol. The summed E-state index contributed by atoms with van der Waals surface area (Å²) < 4.78 is 46.1. The summed E-state index contributed by atoms with van der Waals surface area (Å²) in [6.07, 6.45) is -3.27. The first kappa shape index (κ1) is 23.7. The molecule has 3 aromatic heterocycles. The minimum atomic E-state index is -4.64. The fourth-order valence-corrected chi connectivity index (χ4v) is 4.64. The number of morpholine rings is 1. The number of benzene rings is 1. The van der Waals surface area contributed by atoms with Crippen molar-refractivity contribution in [3.63, 3.8) is 0 Å². The van der Waals surface area contributed by atoms with Crippen molar-refractivity contribution in [1.29, 1.82) is 0 Å². The van der Waals surface area contributed by atoms with Crippen LogP contribution in [0.15, 0.2) is 35.8 Å². The van der Waals surface area contributed by atoms with Crippen molar-refractivity contribution in [1.82, 2.24) is 24.8 Å². The fourth-order valence-electron chi connectivity index (χ4n) is 3.78. The lowest BCUT2D eigenvalue weighted by Gasteiger charge is -2.25. The number of H-pyrrole nitrogens is 1. The molecule has 1 amide bonds. The summed E-state index contributed by atoms with van der Waals surface area (Å²) >= 11 is 7.07. The number of ether oxygens (including phenoxy) is 1. The maximum atomic E-state index is 13.6. The molecule has 0 saturated carbocycles. The molecule has 13 heteroatoms. The second-order valence-corrected chi connectivity index (χ2v) is 9.11. The predicted octanol–water partition coefficient (Wildman–Crippen LogP) is 4.84. The number of hydrogen-bond donors (Lipinski definition) is 2. The Hall–Kier alpha value is -3.06. The maximum absolute atomic E-state index is 13.6. The summed E-state index contributed by atoms with van der Waals surface area (Å²) in [7, 11) is 0. The Balaban J connectivity index is 1.40. The van der Waals surface area contributed by atoms with E-state index < -0.39 is 17.6 Å². The zero-order valence-electron chi connectivity index (χ0n) is 18.0. The molecule has 8 nitrogen and oxygen atoms in total. The quantitative estimate of drug-likeness (QED) is 0.389. The number of pyridine rings is 1. The molecule has 0 radical (unpaired) electrons. The molecule has 1 aliphatic rings. The number of nitrogens with one attached hydrogen (secondary N) is 2. The van der Waals surface area contributed by atoms with Crippen LogP contribution in [0, 0.1) is 0 Å². The van der Waals surface area contributed by atoms with Crippen molar-refractivity contribution >= 4 is 45.1 Å². The molecule has 1 aromatic carbocycles. The number of amides is 1. The largest absolute Gasteiger partial charge is 0.417 e. The van der Waals surface area contributed by atoms with E-state index >= 15 is 0 Å². The van der Waals surface area contributed by atoms with E-state index in [4.69, 9.17) is 16.3 Å². The number of aromatic nitrogens is 4. The van der Waals surface area contributed by atoms with Crippen molar-refractivity contribution in [2.24, 2.45) is 0 Å². The highest BCUT2D eigenvalue weighted by molar-refractivity contribution is 7.14. The van der Waals surface area contributed by atoms with Gasteiger partial charge >= 0.3 is 6.18 Å². The Kier molecular flexibility index (Phi) is 6.45. The molecule has 5 rings (SSSR count). The van der Waals surface area contributed by atoms with Gasteiger partial charge in [-0.2, -0.15) is 13.2 Å². The standard InChI is InChI=1S/C22H18ClF3N6O2S/c23-12-1-2-14(16(9-12)22(24,25)26)18-29-17-15(3-4-27-19(17)30-18)20(33)31-21-28-13(11-35-21)10-32-5-7-34-8-6-32/h1-4,9,11H,5-8,10H2,(H,27,29,30)(H,28,31,33). The van der Waals surface area contributed by atoms with Gasteiger partial charge in [0.2, 0.25) is 0 Å². The van der Waals surface area contributed by atoms with E-state index in [1.807, 2.05) is 5.38 Å². The molecule has 0 aliphatic carbocycles. The first-order chi connectivity index (χ1) is 16.8. The first-order valence-electron chi connectivity index (χ1n) is 10.6. The summed E-state index contributed by atoms with van der Waals surface area (Å²) in [6.45, 7) is 3.65. The number of rotatable bonds is 5. The molecular formula is C22H18ClF3N6O2S. The Bertz CT molecular complexity index is 1380. The Morgan fingerprint density at radius 3 is 2.80 bits per heavy atom. The molecule has 1 saturated heterocycles. The number of alkyl halides is 3. The van der Waals surface area contributed by atoms with Gasteiger partial charge < -0.3 is 9.72 Å². The number of nitrogens with zero attached hydrogens (tertiary/aromatic N) is 4. The lowest BCUT2D eigenvalue weighted by atomic mass is 10.1. The number of thiazole rings is 1. The third kappa shape index (κ3) is 5.15. The van der Waals surface area contributed by atoms with Crippen LogP contribution in [-0.4, -0.2) is 57.0 Å². The van der Waals surface area contributed by atoms with Crippen molar-refractivity contribution in [2.75, 3.05) is 31.6 Å². The number of imidazole rings is 1. The van der Waals surface area contributed by atoms with Crippen LogP contribution in [0.1, 0.15) is 21.6 Å². The zero-order valence-corrected chi connectivity index (χ0v) is 19.6. The van der Waals surface area contributed by atoms with E-state index in [2.05, 4.69) is 30.2 Å². The highest BCUT2D eigenvalue weighted by Crippen LogP contribution is 2.38. The first-order valence-corrected chi connectivity index (χ1v) is 11.8. The van der Waals surface area contributed by atoms with Crippen molar-refractivity contribution < 1.29 is 22.7 Å². The lowest BCUT2D eigenvalue weighted by molar-refractivity contribution is -0.137. The smallest absolute Gasteiger partial charge is 0.379 e. The zero-order chi connectivity index (χ0) is 24.6. The summed E-state index contributed by atoms with van der Waals surface area (Å²) in [5.41, 5.74) is 0.208. The molecule has 0 atom stereocenters. The van der Waals surface area contributed by atoms with Crippen molar-refractivity contribution in [3.8, 4) is 11.4 Å². The summed E-state index contributed by atoms with van der Waals surface area (Å²) in [6, 6.07) is 4.88. The second kappa shape index (κ2) is 9.53. The predicted molar refractivity (Wildman–Crippen MR) is 125 cm³/mol. The van der Waals surface area contributed by atoms with Crippen LogP contribution in [0.2, 0.25) is 5.02 Å². The highest BCUT2D eigenvalue weighted by Gasteiger charge is 2.35. The van der Waals surface area contributed by atoms with E-state index in [1.165, 1.54) is 35.7 Å². The molecule has 1 aliphatic heterocycles. The number of carbonyl (C=O) groups excluding carboxylic acids is 1. The molecule has 0 unspecified atom stereocenters. The second-order valence-electron chi connectivity index (χ2n) is 7.82. The van der Waals surface area contributed by atoms with Crippen LogP contribution in [0.3, 0.4) is 0 Å². The Labute approximate surface area is 206 Å². The number of carbonyl (C=O) groups is 1. The molecule has 4 heterocycles. The van der Waals surface area contributed by atoms with Gasteiger partial charge in [-0.25, -0.2) is 15.0 Å². The number of aromatic amines is 1. The number of fused-ring (bicyclic) bond motifs is 1. The normalized spacial score (nSPS) is 15.0. The van der Waals surface area contributed by atoms with Gasteiger partial charge in [0.1, 0.15) is 5.82 Å². The van der Waals surface area contributed by atoms with Crippen LogP contribution in [0.4, 0.5) is 18.3 Å². The molecule has 0 spiro atoms. The minimum Gasteiger partial charge on any atom is -0.379 e. The van der Waals surface area contributed by atoms with Gasteiger partial charge in [-0.3, -0.25) is 15.0 Å². The maximum Gasteiger partial charge on any atom is 0.417 e. The van der Waals surface area contributed by atoms with Crippen LogP contribution < -0.4 is 5.32 Å². The van der Waals surface area contributed by atoms with Gasteiger partial charge in [0.15, 0.2) is 10.8 Å². The fraction of sp³-hybridized carbons (Fsp3) is 0.273.